The van der Waals surface area contributed by atoms with Crippen LogP contribution in [0.15, 0.2) is 47.4 Å². The summed E-state index contributed by atoms with van der Waals surface area (Å²) in [6.07, 6.45) is 0. The molecule has 0 spiro atoms. The number of halogens is 2. The summed E-state index contributed by atoms with van der Waals surface area (Å²) in [7, 11) is -1.65. The predicted molar refractivity (Wildman–Crippen MR) is 80.3 cm³/mol. The molecule has 0 aliphatic rings. The molecule has 0 aliphatic heterocycles. The molecule has 0 heterocycles. The third-order valence-corrected chi connectivity index (χ3v) is 5.15. The molecule has 0 saturated carbocycles. The van der Waals surface area contributed by atoms with Crippen LogP contribution < -0.4 is 5.73 Å². The van der Waals surface area contributed by atoms with Crippen molar-refractivity contribution in [3.8, 4) is 0 Å². The van der Waals surface area contributed by atoms with E-state index in [2.05, 4.69) is 0 Å². The van der Waals surface area contributed by atoms with Crippen molar-refractivity contribution in [1.82, 2.24) is 0 Å². The highest BCUT2D eigenvalue weighted by Crippen LogP contribution is 2.24. The lowest BCUT2D eigenvalue weighted by Crippen LogP contribution is -2.28. The monoisotopic (exact) mass is 309 g/mol. The van der Waals surface area contributed by atoms with E-state index in [0.29, 0.717) is 0 Å². The van der Waals surface area contributed by atoms with Crippen molar-refractivity contribution in [3.63, 3.8) is 0 Å². The smallest absolute Gasteiger partial charge is 0.142 e. The van der Waals surface area contributed by atoms with Gasteiger partial charge in [0.05, 0.1) is 20.9 Å². The third-order valence-electron chi connectivity index (χ3n) is 3.42. The first-order valence-electron chi connectivity index (χ1n) is 6.58. The van der Waals surface area contributed by atoms with Gasteiger partial charge in [0.25, 0.3) is 0 Å². The molecule has 0 fully saturated rings. The van der Waals surface area contributed by atoms with Gasteiger partial charge < -0.3 is 5.73 Å². The second kappa shape index (κ2) is 6.45. The third kappa shape index (κ3) is 3.54. The second-order valence-corrected chi connectivity index (χ2v) is 6.79. The Morgan fingerprint density at radius 3 is 2.29 bits per heavy atom. The van der Waals surface area contributed by atoms with Crippen molar-refractivity contribution in [2.24, 2.45) is 5.73 Å². The Kier molecular flexibility index (Phi) is 4.85. The minimum absolute atomic E-state index is 0.0218. The molecule has 0 saturated heterocycles. The number of benzene rings is 2. The Hall–Kier alpha value is -1.59. The number of rotatable bonds is 4. The van der Waals surface area contributed by atoms with Gasteiger partial charge in [0.2, 0.25) is 0 Å². The summed E-state index contributed by atoms with van der Waals surface area (Å²) >= 11 is 0. The summed E-state index contributed by atoms with van der Waals surface area (Å²) in [4.78, 5) is -0.0218. The Morgan fingerprint density at radius 1 is 1.10 bits per heavy atom. The SMILES string of the molecule is Cc1ccc(C(N)C(C)S(=O)c2ccc(F)cc2F)cc1. The average molecular weight is 309 g/mol. The summed E-state index contributed by atoms with van der Waals surface area (Å²) in [5.41, 5.74) is 8.06. The lowest BCUT2D eigenvalue weighted by Gasteiger charge is -2.20. The molecule has 3 unspecified atom stereocenters. The molecule has 3 atom stereocenters. The van der Waals surface area contributed by atoms with E-state index in [1.807, 2.05) is 31.2 Å². The van der Waals surface area contributed by atoms with Crippen molar-refractivity contribution in [1.29, 1.82) is 0 Å². The van der Waals surface area contributed by atoms with Gasteiger partial charge in [-0.3, -0.25) is 4.21 Å². The minimum atomic E-state index is -1.65. The van der Waals surface area contributed by atoms with Gasteiger partial charge in [-0.1, -0.05) is 29.8 Å². The molecule has 2 N–H and O–H groups in total. The number of aryl methyl sites for hydroxylation is 1. The van der Waals surface area contributed by atoms with Crippen LogP contribution >= 0.6 is 0 Å². The van der Waals surface area contributed by atoms with Crippen LogP contribution in [0.3, 0.4) is 0 Å². The Labute approximate surface area is 125 Å². The maximum absolute atomic E-state index is 13.7. The van der Waals surface area contributed by atoms with E-state index >= 15 is 0 Å². The van der Waals surface area contributed by atoms with Crippen LogP contribution in [-0.4, -0.2) is 9.46 Å². The lowest BCUT2D eigenvalue weighted by atomic mass is 10.0. The summed E-state index contributed by atoms with van der Waals surface area (Å²) in [5, 5.41) is -0.493. The molecule has 0 radical (unpaired) electrons. The van der Waals surface area contributed by atoms with Crippen molar-refractivity contribution < 1.29 is 13.0 Å². The summed E-state index contributed by atoms with van der Waals surface area (Å²) in [6.45, 7) is 3.66. The van der Waals surface area contributed by atoms with Gasteiger partial charge in [0.15, 0.2) is 0 Å². The highest BCUT2D eigenvalue weighted by atomic mass is 32.2. The van der Waals surface area contributed by atoms with Gasteiger partial charge in [-0.15, -0.1) is 0 Å². The minimum Gasteiger partial charge on any atom is -0.323 e. The Morgan fingerprint density at radius 2 is 1.71 bits per heavy atom. The zero-order valence-electron chi connectivity index (χ0n) is 11.8. The molecule has 0 amide bonds. The van der Waals surface area contributed by atoms with E-state index in [0.717, 1.165) is 23.3 Å². The van der Waals surface area contributed by atoms with Crippen LogP contribution in [0.25, 0.3) is 0 Å². The molecule has 0 bridgehead atoms. The molecule has 2 rings (SSSR count). The molecule has 5 heteroatoms. The molecule has 2 nitrogen and oxygen atoms in total. The molecule has 112 valence electrons. The largest absolute Gasteiger partial charge is 0.323 e. The summed E-state index contributed by atoms with van der Waals surface area (Å²) in [6, 6.07) is 10.1. The first-order valence-corrected chi connectivity index (χ1v) is 7.79. The number of hydrogen-bond donors (Lipinski definition) is 1. The Bertz CT molecular complexity index is 658. The zero-order chi connectivity index (χ0) is 15.6. The molecular formula is C16H17F2NOS. The maximum atomic E-state index is 13.7. The number of nitrogens with two attached hydrogens (primary N) is 1. The van der Waals surface area contributed by atoms with E-state index in [9.17, 15) is 13.0 Å². The zero-order valence-corrected chi connectivity index (χ0v) is 12.7. The fourth-order valence-electron chi connectivity index (χ4n) is 2.03. The van der Waals surface area contributed by atoms with Crippen LogP contribution in [-0.2, 0) is 10.8 Å². The summed E-state index contributed by atoms with van der Waals surface area (Å²) in [5.74, 6) is -1.50. The van der Waals surface area contributed by atoms with Gasteiger partial charge in [-0.25, -0.2) is 8.78 Å². The lowest BCUT2D eigenvalue weighted by molar-refractivity contribution is 0.559. The van der Waals surface area contributed by atoms with Gasteiger partial charge >= 0.3 is 0 Å². The van der Waals surface area contributed by atoms with E-state index < -0.39 is 33.7 Å². The average Bonchev–Trinajstić information content (AvgIpc) is 2.46. The van der Waals surface area contributed by atoms with Crippen molar-refractivity contribution in [2.75, 3.05) is 0 Å². The van der Waals surface area contributed by atoms with Crippen LogP contribution in [0.2, 0.25) is 0 Å². The molecule has 0 aliphatic carbocycles. The van der Waals surface area contributed by atoms with E-state index in [-0.39, 0.29) is 4.90 Å². The van der Waals surface area contributed by atoms with Gasteiger partial charge in [-0.05, 0) is 31.5 Å². The van der Waals surface area contributed by atoms with Crippen molar-refractivity contribution >= 4 is 10.8 Å². The highest BCUT2D eigenvalue weighted by Gasteiger charge is 2.24. The predicted octanol–water partition coefficient (Wildman–Crippen LogP) is 3.47. The van der Waals surface area contributed by atoms with Crippen molar-refractivity contribution in [3.05, 3.63) is 65.2 Å². The van der Waals surface area contributed by atoms with E-state index in [1.54, 1.807) is 6.92 Å². The number of hydrogen-bond acceptors (Lipinski definition) is 2. The highest BCUT2D eigenvalue weighted by molar-refractivity contribution is 7.85. The van der Waals surface area contributed by atoms with Crippen LogP contribution in [0, 0.1) is 18.6 Å². The normalized spacial score (nSPS) is 15.5. The molecule has 21 heavy (non-hydrogen) atoms. The van der Waals surface area contributed by atoms with Crippen LogP contribution in [0.5, 0.6) is 0 Å². The fraction of sp³-hybridized carbons (Fsp3) is 0.250. The maximum Gasteiger partial charge on any atom is 0.142 e. The molecule has 0 aromatic heterocycles. The van der Waals surface area contributed by atoms with E-state index in [1.165, 1.54) is 6.07 Å². The molecular weight excluding hydrogens is 292 g/mol. The summed E-state index contributed by atoms with van der Waals surface area (Å²) < 4.78 is 39.0. The first-order chi connectivity index (χ1) is 9.90. The van der Waals surface area contributed by atoms with Crippen LogP contribution in [0.1, 0.15) is 24.1 Å². The second-order valence-electron chi connectivity index (χ2n) is 5.01. The molecule has 2 aromatic carbocycles. The topological polar surface area (TPSA) is 43.1 Å². The van der Waals surface area contributed by atoms with Gasteiger partial charge in [-0.2, -0.15) is 0 Å². The van der Waals surface area contributed by atoms with Gasteiger partial charge in [0, 0.05) is 12.1 Å². The molecule has 2 aromatic rings. The quantitative estimate of drug-likeness (QED) is 0.940. The van der Waals surface area contributed by atoms with Crippen molar-refractivity contribution in [2.45, 2.75) is 30.0 Å². The fourth-order valence-corrected chi connectivity index (χ4v) is 3.31. The van der Waals surface area contributed by atoms with Crippen LogP contribution in [0.4, 0.5) is 8.78 Å². The first kappa shape index (κ1) is 15.8. The Balaban J connectivity index is 2.24. The van der Waals surface area contributed by atoms with Gasteiger partial charge in [0.1, 0.15) is 11.6 Å². The standard InChI is InChI=1S/C16H17F2NOS/c1-10-3-5-12(6-4-10)16(19)11(2)21(20)15-8-7-13(17)9-14(15)18/h3-9,11,16H,19H2,1-2H3. The van der Waals surface area contributed by atoms with E-state index in [4.69, 9.17) is 5.73 Å².